The van der Waals surface area contributed by atoms with Crippen molar-refractivity contribution in [3.8, 4) is 5.75 Å². The van der Waals surface area contributed by atoms with E-state index in [0.717, 1.165) is 12.8 Å². The predicted octanol–water partition coefficient (Wildman–Crippen LogP) is 0.867. The summed E-state index contributed by atoms with van der Waals surface area (Å²) >= 11 is 0. The molecule has 1 fully saturated rings. The third-order valence-corrected chi connectivity index (χ3v) is 2.21. The van der Waals surface area contributed by atoms with Crippen LogP contribution in [0.2, 0.25) is 0 Å². The zero-order valence-electron chi connectivity index (χ0n) is 7.66. The average Bonchev–Trinajstić information content (AvgIpc) is 2.93. The number of nitrogens with one attached hydrogen (secondary N) is 1. The van der Waals surface area contributed by atoms with Crippen molar-refractivity contribution in [1.29, 1.82) is 0 Å². The van der Waals surface area contributed by atoms with E-state index in [1.807, 2.05) is 0 Å². The van der Waals surface area contributed by atoms with Crippen LogP contribution in [0, 0.1) is 0 Å². The Kier molecular flexibility index (Phi) is 2.04. The first-order valence-corrected chi connectivity index (χ1v) is 4.56. The van der Waals surface area contributed by atoms with Crippen LogP contribution < -0.4 is 11.1 Å². The third-order valence-electron chi connectivity index (χ3n) is 2.21. The SMILES string of the molecule is Nc1ccc(C(=O)NC2CC2)cc1O. The number of carbonyl (C=O) groups excluding carboxylic acids is 1. The van der Waals surface area contributed by atoms with E-state index in [1.165, 1.54) is 12.1 Å². The number of benzene rings is 1. The summed E-state index contributed by atoms with van der Waals surface area (Å²) in [5, 5.41) is 12.1. The summed E-state index contributed by atoms with van der Waals surface area (Å²) in [6.45, 7) is 0. The van der Waals surface area contributed by atoms with E-state index >= 15 is 0 Å². The predicted molar refractivity (Wildman–Crippen MR) is 53.0 cm³/mol. The van der Waals surface area contributed by atoms with Crippen molar-refractivity contribution < 1.29 is 9.90 Å². The smallest absolute Gasteiger partial charge is 0.251 e. The summed E-state index contributed by atoms with van der Waals surface area (Å²) in [5.41, 5.74) is 6.15. The lowest BCUT2D eigenvalue weighted by atomic mass is 10.2. The van der Waals surface area contributed by atoms with Crippen LogP contribution in [-0.2, 0) is 0 Å². The number of hydrogen-bond acceptors (Lipinski definition) is 3. The van der Waals surface area contributed by atoms with Gasteiger partial charge in [-0.1, -0.05) is 0 Å². The first-order valence-electron chi connectivity index (χ1n) is 4.56. The Bertz CT molecular complexity index is 372. The number of phenols is 1. The summed E-state index contributed by atoms with van der Waals surface area (Å²) in [7, 11) is 0. The molecular formula is C10H12N2O2. The number of anilines is 1. The molecule has 1 aliphatic carbocycles. The number of carbonyl (C=O) groups is 1. The lowest BCUT2D eigenvalue weighted by Crippen LogP contribution is -2.25. The molecular weight excluding hydrogens is 180 g/mol. The third kappa shape index (κ3) is 1.79. The molecule has 2 rings (SSSR count). The molecule has 0 unspecified atom stereocenters. The number of hydrogen-bond donors (Lipinski definition) is 3. The van der Waals surface area contributed by atoms with E-state index in [2.05, 4.69) is 5.32 Å². The number of amides is 1. The van der Waals surface area contributed by atoms with Crippen molar-refractivity contribution >= 4 is 11.6 Å². The molecule has 0 saturated heterocycles. The van der Waals surface area contributed by atoms with E-state index in [-0.39, 0.29) is 17.3 Å². The molecule has 0 bridgehead atoms. The summed E-state index contributed by atoms with van der Waals surface area (Å²) in [6, 6.07) is 4.83. The van der Waals surface area contributed by atoms with Crippen LogP contribution in [0.4, 0.5) is 5.69 Å². The average molecular weight is 192 g/mol. The first-order chi connectivity index (χ1) is 6.66. The maximum Gasteiger partial charge on any atom is 0.251 e. The molecule has 1 aromatic rings. The highest BCUT2D eigenvalue weighted by molar-refractivity contribution is 5.95. The Morgan fingerprint density at radius 2 is 2.21 bits per heavy atom. The maximum atomic E-state index is 11.5. The molecule has 0 aliphatic heterocycles. The molecule has 14 heavy (non-hydrogen) atoms. The van der Waals surface area contributed by atoms with Gasteiger partial charge < -0.3 is 16.2 Å². The maximum absolute atomic E-state index is 11.5. The van der Waals surface area contributed by atoms with E-state index < -0.39 is 0 Å². The molecule has 1 saturated carbocycles. The van der Waals surface area contributed by atoms with Gasteiger partial charge in [0.2, 0.25) is 0 Å². The van der Waals surface area contributed by atoms with Gasteiger partial charge in [0.25, 0.3) is 5.91 Å². The van der Waals surface area contributed by atoms with Crippen molar-refractivity contribution in [1.82, 2.24) is 5.32 Å². The molecule has 0 aromatic heterocycles. The van der Waals surface area contributed by atoms with Crippen molar-refractivity contribution in [3.05, 3.63) is 23.8 Å². The van der Waals surface area contributed by atoms with Crippen LogP contribution in [0.25, 0.3) is 0 Å². The normalized spacial score (nSPS) is 15.1. The number of rotatable bonds is 2. The van der Waals surface area contributed by atoms with Crippen LogP contribution in [0.5, 0.6) is 5.75 Å². The van der Waals surface area contributed by atoms with Crippen LogP contribution in [0.1, 0.15) is 23.2 Å². The van der Waals surface area contributed by atoms with E-state index in [4.69, 9.17) is 5.73 Å². The minimum atomic E-state index is -0.150. The zero-order chi connectivity index (χ0) is 10.1. The molecule has 0 radical (unpaired) electrons. The van der Waals surface area contributed by atoms with E-state index in [9.17, 15) is 9.90 Å². The quantitative estimate of drug-likeness (QED) is 0.480. The second-order valence-electron chi connectivity index (χ2n) is 3.52. The Morgan fingerprint density at radius 3 is 2.79 bits per heavy atom. The monoisotopic (exact) mass is 192 g/mol. The largest absolute Gasteiger partial charge is 0.506 e. The van der Waals surface area contributed by atoms with Gasteiger partial charge >= 0.3 is 0 Å². The van der Waals surface area contributed by atoms with Crippen molar-refractivity contribution in [2.75, 3.05) is 5.73 Å². The minimum Gasteiger partial charge on any atom is -0.506 e. The molecule has 4 nitrogen and oxygen atoms in total. The number of phenolic OH excluding ortho intramolecular Hbond substituents is 1. The van der Waals surface area contributed by atoms with Gasteiger partial charge in [-0.05, 0) is 31.0 Å². The summed E-state index contributed by atoms with van der Waals surface area (Å²) in [6.07, 6.45) is 2.10. The van der Waals surface area contributed by atoms with Gasteiger partial charge in [0.15, 0.2) is 0 Å². The molecule has 1 aliphatic rings. The van der Waals surface area contributed by atoms with E-state index in [0.29, 0.717) is 11.6 Å². The molecule has 4 N–H and O–H groups in total. The van der Waals surface area contributed by atoms with Crippen molar-refractivity contribution in [2.24, 2.45) is 0 Å². The van der Waals surface area contributed by atoms with Crippen LogP contribution >= 0.6 is 0 Å². The summed E-state index contributed by atoms with van der Waals surface area (Å²) < 4.78 is 0. The molecule has 1 amide bonds. The number of nitrogens with two attached hydrogens (primary N) is 1. The molecule has 74 valence electrons. The zero-order valence-corrected chi connectivity index (χ0v) is 7.66. The highest BCUT2D eigenvalue weighted by Gasteiger charge is 2.23. The standard InChI is InChI=1S/C10H12N2O2/c11-8-4-1-6(5-9(8)13)10(14)12-7-2-3-7/h1,4-5,7,13H,2-3,11H2,(H,12,14). The van der Waals surface area contributed by atoms with E-state index in [1.54, 1.807) is 6.07 Å². The van der Waals surface area contributed by atoms with Gasteiger partial charge in [-0.25, -0.2) is 0 Å². The van der Waals surface area contributed by atoms with Crippen molar-refractivity contribution in [2.45, 2.75) is 18.9 Å². The Hall–Kier alpha value is -1.71. The number of nitrogen functional groups attached to an aromatic ring is 1. The lowest BCUT2D eigenvalue weighted by molar-refractivity contribution is 0.0950. The van der Waals surface area contributed by atoms with Gasteiger partial charge in [-0.2, -0.15) is 0 Å². The van der Waals surface area contributed by atoms with Crippen LogP contribution in [-0.4, -0.2) is 17.1 Å². The fraction of sp³-hybridized carbons (Fsp3) is 0.300. The van der Waals surface area contributed by atoms with Crippen LogP contribution in [0.15, 0.2) is 18.2 Å². The molecule has 0 atom stereocenters. The fourth-order valence-corrected chi connectivity index (χ4v) is 1.18. The van der Waals surface area contributed by atoms with Gasteiger partial charge in [-0.3, -0.25) is 4.79 Å². The molecule has 1 aromatic carbocycles. The second kappa shape index (κ2) is 3.21. The Labute approximate surface area is 81.7 Å². The van der Waals surface area contributed by atoms with Crippen LogP contribution in [0.3, 0.4) is 0 Å². The molecule has 4 heteroatoms. The Balaban J connectivity index is 2.14. The highest BCUT2D eigenvalue weighted by Crippen LogP contribution is 2.22. The Morgan fingerprint density at radius 1 is 1.50 bits per heavy atom. The molecule has 0 heterocycles. The fourth-order valence-electron chi connectivity index (χ4n) is 1.18. The van der Waals surface area contributed by atoms with Gasteiger partial charge in [0.1, 0.15) is 5.75 Å². The molecule has 0 spiro atoms. The summed E-state index contributed by atoms with van der Waals surface area (Å²) in [4.78, 5) is 11.5. The van der Waals surface area contributed by atoms with Gasteiger partial charge in [0, 0.05) is 11.6 Å². The summed E-state index contributed by atoms with van der Waals surface area (Å²) in [5.74, 6) is -0.198. The van der Waals surface area contributed by atoms with Gasteiger partial charge in [-0.15, -0.1) is 0 Å². The lowest BCUT2D eigenvalue weighted by Gasteiger charge is -2.04. The topological polar surface area (TPSA) is 75.4 Å². The highest BCUT2D eigenvalue weighted by atomic mass is 16.3. The van der Waals surface area contributed by atoms with Gasteiger partial charge in [0.05, 0.1) is 5.69 Å². The first kappa shape index (κ1) is 8.87. The van der Waals surface area contributed by atoms with Crippen molar-refractivity contribution in [3.63, 3.8) is 0 Å². The second-order valence-corrected chi connectivity index (χ2v) is 3.52. The minimum absolute atomic E-state index is 0.0477. The number of aromatic hydroxyl groups is 1.